The fourth-order valence-electron chi connectivity index (χ4n) is 5.28. The van der Waals surface area contributed by atoms with Crippen molar-refractivity contribution in [3.63, 3.8) is 0 Å². The van der Waals surface area contributed by atoms with E-state index in [4.69, 9.17) is 19.2 Å². The summed E-state index contributed by atoms with van der Waals surface area (Å²) in [5.41, 5.74) is 5.22. The van der Waals surface area contributed by atoms with Crippen LogP contribution in [0.5, 0.6) is 0 Å². The molecule has 3 atom stereocenters. The van der Waals surface area contributed by atoms with E-state index in [2.05, 4.69) is 11.8 Å². The Kier molecular flexibility index (Phi) is 9.38. The largest absolute Gasteiger partial charge is 0.390 e. The Morgan fingerprint density at radius 1 is 0.651 bits per heavy atom. The van der Waals surface area contributed by atoms with Gasteiger partial charge in [0.05, 0.1) is 38.7 Å². The number of aromatic nitrogens is 2. The first-order valence-corrected chi connectivity index (χ1v) is 14.5. The number of fused-ring (bicyclic) bond motifs is 1. The van der Waals surface area contributed by atoms with Crippen LogP contribution in [-0.4, -0.2) is 26.9 Å². The first kappa shape index (κ1) is 28.6. The highest BCUT2D eigenvalue weighted by Gasteiger charge is 2.42. The monoisotopic (exact) mass is 570 g/mol. The molecule has 0 saturated carbocycles. The fraction of sp³-hybridized carbons (Fsp3) is 0.216. The Bertz CT molecular complexity index is 1640. The summed E-state index contributed by atoms with van der Waals surface area (Å²) in [6, 6.07) is 40.0. The van der Waals surface area contributed by atoms with Gasteiger partial charge in [0, 0.05) is 5.56 Å². The number of benzene rings is 4. The minimum absolute atomic E-state index is 0.210. The maximum absolute atomic E-state index is 10.5. The van der Waals surface area contributed by atoms with E-state index in [0.29, 0.717) is 43.6 Å². The Morgan fingerprint density at radius 2 is 1.16 bits per heavy atom. The summed E-state index contributed by atoms with van der Waals surface area (Å²) in [7, 11) is 0. The van der Waals surface area contributed by atoms with Crippen LogP contribution < -0.4 is 0 Å². The van der Waals surface area contributed by atoms with Gasteiger partial charge in [0.1, 0.15) is 29.8 Å². The molecule has 216 valence electrons. The Balaban J connectivity index is 1.37. The van der Waals surface area contributed by atoms with Gasteiger partial charge in [-0.25, -0.2) is 4.98 Å². The zero-order valence-corrected chi connectivity index (χ0v) is 23.9. The standard InChI is InChI=1S/C37H34N2O4/c40-24-33-32(22-21-28-13-5-1-6-14-28)38-37-36(43-27-31-19-11-4-12-20-31)35(42-26-30-17-9-3-10-18-30)34(23-39(33)37)41-25-29-15-7-2-8-16-29/h1-20,34-36,40H,23-27H2/t34-,35-,36+/m0/s1. The lowest BCUT2D eigenvalue weighted by Crippen LogP contribution is -2.46. The first-order chi connectivity index (χ1) is 21.3. The molecule has 0 bridgehead atoms. The lowest BCUT2D eigenvalue weighted by atomic mass is 10.0. The summed E-state index contributed by atoms with van der Waals surface area (Å²) in [6.45, 7) is 1.42. The minimum Gasteiger partial charge on any atom is -0.390 e. The average Bonchev–Trinajstić information content (AvgIpc) is 3.43. The second-order valence-corrected chi connectivity index (χ2v) is 10.5. The molecular formula is C37H34N2O4. The zero-order valence-electron chi connectivity index (χ0n) is 23.9. The zero-order chi connectivity index (χ0) is 29.3. The second kappa shape index (κ2) is 14.1. The van der Waals surface area contributed by atoms with Crippen LogP contribution in [-0.2, 0) is 47.2 Å². The Hall–Kier alpha value is -4.51. The van der Waals surface area contributed by atoms with Crippen LogP contribution in [0.4, 0.5) is 0 Å². The lowest BCUT2D eigenvalue weighted by Gasteiger charge is -2.38. The second-order valence-electron chi connectivity index (χ2n) is 10.5. The van der Waals surface area contributed by atoms with Crippen molar-refractivity contribution in [2.45, 2.75) is 51.3 Å². The van der Waals surface area contributed by atoms with Gasteiger partial charge in [-0.1, -0.05) is 115 Å². The molecule has 5 aromatic rings. The van der Waals surface area contributed by atoms with E-state index in [1.54, 1.807) is 0 Å². The van der Waals surface area contributed by atoms with Gasteiger partial charge in [-0.3, -0.25) is 0 Å². The quantitative estimate of drug-likeness (QED) is 0.202. The first-order valence-electron chi connectivity index (χ1n) is 14.5. The highest BCUT2D eigenvalue weighted by Crippen LogP contribution is 2.36. The van der Waals surface area contributed by atoms with Crippen LogP contribution in [0.25, 0.3) is 0 Å². The van der Waals surface area contributed by atoms with E-state index in [9.17, 15) is 5.11 Å². The van der Waals surface area contributed by atoms with Crippen LogP contribution >= 0.6 is 0 Å². The van der Waals surface area contributed by atoms with Crippen molar-refractivity contribution in [3.8, 4) is 11.8 Å². The molecule has 0 spiro atoms. The number of aliphatic hydroxyl groups excluding tert-OH is 1. The van der Waals surface area contributed by atoms with Crippen molar-refractivity contribution in [1.82, 2.24) is 9.55 Å². The molecule has 43 heavy (non-hydrogen) atoms. The molecule has 0 saturated heterocycles. The van der Waals surface area contributed by atoms with Crippen molar-refractivity contribution in [2.24, 2.45) is 0 Å². The van der Waals surface area contributed by atoms with Crippen molar-refractivity contribution >= 4 is 0 Å². The lowest BCUT2D eigenvalue weighted by molar-refractivity contribution is -0.172. The molecule has 1 aliphatic heterocycles. The average molecular weight is 571 g/mol. The molecule has 2 heterocycles. The molecule has 0 amide bonds. The van der Waals surface area contributed by atoms with E-state index in [0.717, 1.165) is 22.3 Å². The third-order valence-corrected chi connectivity index (χ3v) is 7.50. The van der Waals surface area contributed by atoms with E-state index in [1.165, 1.54) is 0 Å². The molecule has 0 radical (unpaired) electrons. The number of rotatable bonds is 10. The molecule has 1 aromatic heterocycles. The van der Waals surface area contributed by atoms with Gasteiger partial charge in [-0.05, 0) is 34.7 Å². The van der Waals surface area contributed by atoms with Gasteiger partial charge in [-0.15, -0.1) is 0 Å². The van der Waals surface area contributed by atoms with E-state index >= 15 is 0 Å². The molecule has 1 aliphatic rings. The predicted molar refractivity (Wildman–Crippen MR) is 165 cm³/mol. The van der Waals surface area contributed by atoms with Crippen molar-refractivity contribution in [1.29, 1.82) is 0 Å². The van der Waals surface area contributed by atoms with Gasteiger partial charge in [-0.2, -0.15) is 0 Å². The number of imidazole rings is 1. The van der Waals surface area contributed by atoms with Crippen molar-refractivity contribution in [2.75, 3.05) is 0 Å². The highest BCUT2D eigenvalue weighted by atomic mass is 16.6. The van der Waals surface area contributed by atoms with Crippen LogP contribution in [0.15, 0.2) is 121 Å². The number of nitrogens with zero attached hydrogens (tertiary/aromatic N) is 2. The summed E-state index contributed by atoms with van der Waals surface area (Å²) in [5.74, 6) is 7.07. The third-order valence-electron chi connectivity index (χ3n) is 7.50. The van der Waals surface area contributed by atoms with Gasteiger partial charge in [0.2, 0.25) is 0 Å². The van der Waals surface area contributed by atoms with E-state index in [-0.39, 0.29) is 12.7 Å². The summed E-state index contributed by atoms with van der Waals surface area (Å²) < 4.78 is 21.9. The third kappa shape index (κ3) is 7.11. The molecule has 0 fully saturated rings. The maximum atomic E-state index is 10.5. The Morgan fingerprint density at radius 3 is 1.72 bits per heavy atom. The number of aliphatic hydroxyl groups is 1. The molecule has 0 aliphatic carbocycles. The number of ether oxygens (including phenoxy) is 3. The predicted octanol–water partition coefficient (Wildman–Crippen LogP) is 6.22. The summed E-state index contributed by atoms with van der Waals surface area (Å²) in [4.78, 5) is 4.96. The van der Waals surface area contributed by atoms with Crippen LogP contribution in [0.3, 0.4) is 0 Å². The molecule has 6 nitrogen and oxygen atoms in total. The summed E-state index contributed by atoms with van der Waals surface area (Å²) in [6.07, 6.45) is -1.38. The maximum Gasteiger partial charge on any atom is 0.144 e. The van der Waals surface area contributed by atoms with Gasteiger partial charge < -0.3 is 23.9 Å². The number of hydrogen-bond acceptors (Lipinski definition) is 5. The summed E-state index contributed by atoms with van der Waals surface area (Å²) in [5, 5.41) is 10.5. The van der Waals surface area contributed by atoms with Gasteiger partial charge >= 0.3 is 0 Å². The normalized spacial score (nSPS) is 17.6. The van der Waals surface area contributed by atoms with Crippen molar-refractivity contribution in [3.05, 3.63) is 161 Å². The smallest absolute Gasteiger partial charge is 0.144 e. The topological polar surface area (TPSA) is 65.7 Å². The van der Waals surface area contributed by atoms with Crippen molar-refractivity contribution < 1.29 is 19.3 Å². The van der Waals surface area contributed by atoms with Gasteiger partial charge in [0.15, 0.2) is 0 Å². The van der Waals surface area contributed by atoms with Crippen LogP contribution in [0.2, 0.25) is 0 Å². The van der Waals surface area contributed by atoms with Crippen LogP contribution in [0.1, 0.15) is 45.6 Å². The molecule has 0 unspecified atom stereocenters. The van der Waals surface area contributed by atoms with Gasteiger partial charge in [0.25, 0.3) is 0 Å². The molecule has 1 N–H and O–H groups in total. The fourth-order valence-corrected chi connectivity index (χ4v) is 5.28. The molecule has 6 heteroatoms. The number of hydrogen-bond donors (Lipinski definition) is 1. The summed E-state index contributed by atoms with van der Waals surface area (Å²) >= 11 is 0. The van der Waals surface area contributed by atoms with E-state index < -0.39 is 12.2 Å². The molecular weight excluding hydrogens is 536 g/mol. The van der Waals surface area contributed by atoms with Crippen LogP contribution in [0, 0.1) is 11.8 Å². The molecule has 6 rings (SSSR count). The SMILES string of the molecule is OCc1c(C#Cc2ccccc2)nc2n1C[C@H](OCc1ccccc1)[C@H](OCc1ccccc1)[C@H]2OCc1ccccc1. The Labute approximate surface area is 252 Å². The van der Waals surface area contributed by atoms with E-state index in [1.807, 2.05) is 126 Å². The minimum atomic E-state index is -0.559. The molecule has 4 aromatic carbocycles. The highest BCUT2D eigenvalue weighted by molar-refractivity contribution is 5.43.